The molecule has 2 rings (SSSR count). The zero-order valence-corrected chi connectivity index (χ0v) is 13.3. The van der Waals surface area contributed by atoms with Crippen LogP contribution in [0.3, 0.4) is 0 Å². The highest BCUT2D eigenvalue weighted by molar-refractivity contribution is 5.92. The highest BCUT2D eigenvalue weighted by atomic mass is 16.4. The molecule has 0 heterocycles. The molecule has 2 atom stereocenters. The minimum Gasteiger partial charge on any atom is -0.480 e. The van der Waals surface area contributed by atoms with Gasteiger partial charge in [0.1, 0.15) is 10.8 Å². The van der Waals surface area contributed by atoms with Crippen molar-refractivity contribution in [3.05, 3.63) is 47.5 Å². The van der Waals surface area contributed by atoms with Gasteiger partial charge in [-0.15, -0.1) is 0 Å². The fourth-order valence-corrected chi connectivity index (χ4v) is 3.52. The lowest BCUT2D eigenvalue weighted by Crippen LogP contribution is -2.49. The Morgan fingerprint density at radius 1 is 0.818 bits per heavy atom. The topological polar surface area (TPSA) is 74.6 Å². The van der Waals surface area contributed by atoms with E-state index in [2.05, 4.69) is 0 Å². The standard InChI is InChI=1S/C18H22O4/c1-11(2)17(15(19)20)9-10-18(12(3)4,16(21)22)14-8-6-5-7-13(14)17/h5-12H,1-4H3,(H,19,20)(H,21,22)/t17-,18-/m1/s1. The summed E-state index contributed by atoms with van der Waals surface area (Å²) in [5.41, 5.74) is -1.22. The molecule has 0 unspecified atom stereocenters. The molecule has 0 saturated carbocycles. The van der Waals surface area contributed by atoms with Crippen LogP contribution in [0, 0.1) is 11.8 Å². The number of carboxylic acids is 2. The van der Waals surface area contributed by atoms with E-state index in [1.165, 1.54) is 0 Å². The van der Waals surface area contributed by atoms with Gasteiger partial charge in [-0.25, -0.2) is 0 Å². The number of benzene rings is 1. The van der Waals surface area contributed by atoms with Crippen molar-refractivity contribution in [2.45, 2.75) is 38.5 Å². The van der Waals surface area contributed by atoms with Crippen LogP contribution in [0.2, 0.25) is 0 Å². The van der Waals surface area contributed by atoms with Crippen LogP contribution in [0.5, 0.6) is 0 Å². The third-order valence-electron chi connectivity index (χ3n) is 4.96. The van der Waals surface area contributed by atoms with Gasteiger partial charge < -0.3 is 10.2 Å². The van der Waals surface area contributed by atoms with Crippen molar-refractivity contribution in [3.63, 3.8) is 0 Å². The predicted octanol–water partition coefficient (Wildman–Crippen LogP) is 3.21. The second-order valence-corrected chi connectivity index (χ2v) is 6.54. The first-order chi connectivity index (χ1) is 10.2. The van der Waals surface area contributed by atoms with Crippen molar-refractivity contribution in [1.82, 2.24) is 0 Å². The molecule has 4 nitrogen and oxygen atoms in total. The SMILES string of the molecule is CC(C)[C@]1(C(=O)O)C=C[C@@](C(=O)O)(C(C)C)c2ccccc21. The van der Waals surface area contributed by atoms with Crippen molar-refractivity contribution >= 4 is 11.9 Å². The zero-order valence-electron chi connectivity index (χ0n) is 13.3. The minimum atomic E-state index is -1.19. The molecule has 4 heteroatoms. The van der Waals surface area contributed by atoms with Crippen LogP contribution < -0.4 is 0 Å². The third-order valence-corrected chi connectivity index (χ3v) is 4.96. The van der Waals surface area contributed by atoms with Gasteiger partial charge in [0.2, 0.25) is 0 Å². The Morgan fingerprint density at radius 2 is 1.14 bits per heavy atom. The van der Waals surface area contributed by atoms with Gasteiger partial charge in [0.05, 0.1) is 0 Å². The third kappa shape index (κ3) is 1.90. The summed E-state index contributed by atoms with van der Waals surface area (Å²) in [5.74, 6) is -2.29. The molecule has 1 aliphatic carbocycles. The van der Waals surface area contributed by atoms with E-state index >= 15 is 0 Å². The fourth-order valence-electron chi connectivity index (χ4n) is 3.52. The van der Waals surface area contributed by atoms with Gasteiger partial charge in [-0.2, -0.15) is 0 Å². The summed E-state index contributed by atoms with van der Waals surface area (Å²) in [4.78, 5) is 24.1. The highest BCUT2D eigenvalue weighted by Crippen LogP contribution is 2.48. The Balaban J connectivity index is 2.88. The maximum absolute atomic E-state index is 12.0. The number of carbonyl (C=O) groups is 2. The number of carboxylic acid groups (broad SMARTS) is 2. The van der Waals surface area contributed by atoms with Crippen molar-refractivity contribution < 1.29 is 19.8 Å². The molecule has 0 aliphatic heterocycles. The molecule has 1 aliphatic rings. The van der Waals surface area contributed by atoms with Crippen LogP contribution in [-0.2, 0) is 20.4 Å². The Kier molecular flexibility index (Phi) is 3.90. The van der Waals surface area contributed by atoms with E-state index in [0.717, 1.165) is 0 Å². The van der Waals surface area contributed by atoms with Gasteiger partial charge >= 0.3 is 11.9 Å². The van der Waals surface area contributed by atoms with Gasteiger partial charge in [0.25, 0.3) is 0 Å². The van der Waals surface area contributed by atoms with Crippen molar-refractivity contribution in [1.29, 1.82) is 0 Å². The normalized spacial score (nSPS) is 27.0. The lowest BCUT2D eigenvalue weighted by atomic mass is 9.58. The van der Waals surface area contributed by atoms with Crippen LogP contribution in [0.15, 0.2) is 36.4 Å². The largest absolute Gasteiger partial charge is 0.480 e. The molecule has 0 amide bonds. The first kappa shape index (κ1) is 16.3. The first-order valence-corrected chi connectivity index (χ1v) is 7.48. The second kappa shape index (κ2) is 5.27. The average Bonchev–Trinajstić information content (AvgIpc) is 2.44. The molecule has 22 heavy (non-hydrogen) atoms. The summed E-state index contributed by atoms with van der Waals surface area (Å²) in [6, 6.07) is 7.02. The lowest BCUT2D eigenvalue weighted by molar-refractivity contribution is -0.146. The molecule has 1 aromatic carbocycles. The Hall–Kier alpha value is -2.10. The zero-order chi connectivity index (χ0) is 16.7. The molecular weight excluding hydrogens is 280 g/mol. The molecule has 0 aromatic heterocycles. The number of rotatable bonds is 4. The summed E-state index contributed by atoms with van der Waals surface area (Å²) in [5, 5.41) is 19.7. The van der Waals surface area contributed by atoms with E-state index in [1.54, 1.807) is 36.4 Å². The quantitative estimate of drug-likeness (QED) is 0.837. The fraction of sp³-hybridized carbons (Fsp3) is 0.444. The van der Waals surface area contributed by atoms with Gasteiger partial charge in [0, 0.05) is 0 Å². The summed E-state index contributed by atoms with van der Waals surface area (Å²) in [7, 11) is 0. The number of hydrogen-bond acceptors (Lipinski definition) is 2. The van der Waals surface area contributed by atoms with E-state index in [4.69, 9.17) is 0 Å². The molecule has 118 valence electrons. The molecule has 0 bridgehead atoms. The van der Waals surface area contributed by atoms with Crippen LogP contribution >= 0.6 is 0 Å². The molecule has 0 saturated heterocycles. The lowest BCUT2D eigenvalue weighted by Gasteiger charge is -2.43. The molecule has 0 radical (unpaired) electrons. The average molecular weight is 302 g/mol. The summed E-state index contributed by atoms with van der Waals surface area (Å²) in [6.07, 6.45) is 3.16. The van der Waals surface area contributed by atoms with E-state index in [1.807, 2.05) is 27.7 Å². The van der Waals surface area contributed by atoms with E-state index < -0.39 is 22.8 Å². The molecule has 1 aromatic rings. The molecule has 2 N–H and O–H groups in total. The summed E-state index contributed by atoms with van der Waals surface area (Å²) >= 11 is 0. The minimum absolute atomic E-state index is 0.193. The maximum Gasteiger partial charge on any atom is 0.318 e. The first-order valence-electron chi connectivity index (χ1n) is 7.48. The number of fused-ring (bicyclic) bond motifs is 1. The second-order valence-electron chi connectivity index (χ2n) is 6.54. The summed E-state index contributed by atoms with van der Waals surface area (Å²) < 4.78 is 0. The van der Waals surface area contributed by atoms with Crippen molar-refractivity contribution in [3.8, 4) is 0 Å². The van der Waals surface area contributed by atoms with Gasteiger partial charge in [0.15, 0.2) is 0 Å². The van der Waals surface area contributed by atoms with Crippen molar-refractivity contribution in [2.75, 3.05) is 0 Å². The van der Waals surface area contributed by atoms with E-state index in [9.17, 15) is 19.8 Å². The number of hydrogen-bond donors (Lipinski definition) is 2. The maximum atomic E-state index is 12.0. The molecule has 0 spiro atoms. The van der Waals surface area contributed by atoms with Gasteiger partial charge in [-0.05, 0) is 23.0 Å². The van der Waals surface area contributed by atoms with Crippen LogP contribution in [0.4, 0.5) is 0 Å². The highest BCUT2D eigenvalue weighted by Gasteiger charge is 2.53. The Bertz CT molecular complexity index is 589. The monoisotopic (exact) mass is 302 g/mol. The predicted molar refractivity (Wildman–Crippen MR) is 83.9 cm³/mol. The van der Waals surface area contributed by atoms with Crippen LogP contribution in [0.25, 0.3) is 0 Å². The molecule has 0 fully saturated rings. The summed E-state index contributed by atoms with van der Waals surface area (Å²) in [6.45, 7) is 7.38. The van der Waals surface area contributed by atoms with Gasteiger partial charge in [-0.1, -0.05) is 64.1 Å². The van der Waals surface area contributed by atoms with E-state index in [0.29, 0.717) is 11.1 Å². The smallest absolute Gasteiger partial charge is 0.318 e. The van der Waals surface area contributed by atoms with Gasteiger partial charge in [-0.3, -0.25) is 9.59 Å². The van der Waals surface area contributed by atoms with Crippen molar-refractivity contribution in [2.24, 2.45) is 11.8 Å². The van der Waals surface area contributed by atoms with Crippen LogP contribution in [-0.4, -0.2) is 22.2 Å². The van der Waals surface area contributed by atoms with E-state index in [-0.39, 0.29) is 11.8 Å². The Morgan fingerprint density at radius 3 is 1.36 bits per heavy atom. The van der Waals surface area contributed by atoms with Crippen LogP contribution in [0.1, 0.15) is 38.8 Å². The number of aliphatic carboxylic acids is 2. The molecular formula is C18H22O4. The Labute approximate surface area is 130 Å².